The number of aromatic nitrogens is 2. The Morgan fingerprint density at radius 1 is 1.53 bits per heavy atom. The fourth-order valence-corrected chi connectivity index (χ4v) is 2.50. The van der Waals surface area contributed by atoms with E-state index in [1.807, 2.05) is 7.05 Å². The van der Waals surface area contributed by atoms with Crippen molar-refractivity contribution in [3.8, 4) is 0 Å². The van der Waals surface area contributed by atoms with Gasteiger partial charge >= 0.3 is 5.97 Å². The third-order valence-corrected chi connectivity index (χ3v) is 3.50. The third kappa shape index (κ3) is 3.56. The summed E-state index contributed by atoms with van der Waals surface area (Å²) in [6.07, 6.45) is 6.07. The van der Waals surface area contributed by atoms with Crippen LogP contribution in [0.1, 0.15) is 36.2 Å². The molecule has 1 unspecified atom stereocenters. The Kier molecular flexibility index (Phi) is 4.19. The fourth-order valence-electron chi connectivity index (χ4n) is 2.50. The van der Waals surface area contributed by atoms with Gasteiger partial charge in [0.15, 0.2) is 0 Å². The highest BCUT2D eigenvalue weighted by Gasteiger charge is 2.25. The Balaban J connectivity index is 1.93. The predicted molar refractivity (Wildman–Crippen MR) is 68.7 cm³/mol. The minimum absolute atomic E-state index is 0.0550. The molecule has 1 saturated heterocycles. The average Bonchev–Trinajstić information content (AvgIpc) is 2.82. The number of aryl methyl sites for hydroxylation is 1. The summed E-state index contributed by atoms with van der Waals surface area (Å²) in [4.78, 5) is 28.7. The average molecular weight is 265 g/mol. The Hall–Kier alpha value is -1.85. The lowest BCUT2D eigenvalue weighted by atomic mass is 9.93. The van der Waals surface area contributed by atoms with Crippen LogP contribution in [-0.4, -0.2) is 44.5 Å². The molecule has 2 rings (SSSR count). The molecular weight excluding hydrogens is 246 g/mol. The number of piperidine rings is 1. The molecule has 6 nitrogen and oxygen atoms in total. The number of likely N-dealkylation sites (tertiary alicyclic amines) is 1. The quantitative estimate of drug-likeness (QED) is 0.885. The van der Waals surface area contributed by atoms with Gasteiger partial charge in [-0.05, 0) is 25.2 Å². The van der Waals surface area contributed by atoms with Crippen LogP contribution in [0.4, 0.5) is 0 Å². The van der Waals surface area contributed by atoms with Crippen LogP contribution in [0.15, 0.2) is 12.5 Å². The van der Waals surface area contributed by atoms with E-state index in [2.05, 4.69) is 4.98 Å². The van der Waals surface area contributed by atoms with E-state index in [1.165, 1.54) is 0 Å². The summed E-state index contributed by atoms with van der Waals surface area (Å²) in [6.45, 7) is 1.38. The summed E-state index contributed by atoms with van der Waals surface area (Å²) >= 11 is 0. The van der Waals surface area contributed by atoms with Crippen molar-refractivity contribution in [2.45, 2.75) is 25.7 Å². The molecule has 1 N–H and O–H groups in total. The monoisotopic (exact) mass is 265 g/mol. The molecule has 0 aliphatic carbocycles. The minimum Gasteiger partial charge on any atom is -0.481 e. The zero-order chi connectivity index (χ0) is 13.8. The van der Waals surface area contributed by atoms with Crippen molar-refractivity contribution in [2.75, 3.05) is 13.1 Å². The standard InChI is InChI=1S/C13H19N3O3/c1-15-8-11(14-9-15)13(19)16-6-2-3-10(7-16)4-5-12(17)18/h8-10H,2-7H2,1H3,(H,17,18). The summed E-state index contributed by atoms with van der Waals surface area (Å²) in [5.41, 5.74) is 0.460. The molecule has 19 heavy (non-hydrogen) atoms. The van der Waals surface area contributed by atoms with Crippen molar-refractivity contribution in [2.24, 2.45) is 13.0 Å². The maximum absolute atomic E-state index is 12.2. The van der Waals surface area contributed by atoms with Crippen LogP contribution in [0.5, 0.6) is 0 Å². The lowest BCUT2D eigenvalue weighted by molar-refractivity contribution is -0.137. The topological polar surface area (TPSA) is 75.4 Å². The smallest absolute Gasteiger partial charge is 0.303 e. The molecule has 1 atom stereocenters. The lowest BCUT2D eigenvalue weighted by Crippen LogP contribution is -2.40. The number of amides is 1. The number of aliphatic carboxylic acids is 1. The van der Waals surface area contributed by atoms with E-state index in [-0.39, 0.29) is 18.2 Å². The second-order valence-electron chi connectivity index (χ2n) is 5.12. The normalized spacial score (nSPS) is 19.4. The van der Waals surface area contributed by atoms with E-state index >= 15 is 0 Å². The number of carbonyl (C=O) groups excluding carboxylic acids is 1. The first-order valence-electron chi connectivity index (χ1n) is 6.55. The molecule has 1 amide bonds. The van der Waals surface area contributed by atoms with Gasteiger partial charge in [0.05, 0.1) is 6.33 Å². The van der Waals surface area contributed by atoms with Crippen LogP contribution in [0.3, 0.4) is 0 Å². The van der Waals surface area contributed by atoms with Gasteiger partial charge < -0.3 is 14.6 Å². The van der Waals surface area contributed by atoms with E-state index in [1.54, 1.807) is 22.0 Å². The maximum Gasteiger partial charge on any atom is 0.303 e. The number of imidazole rings is 1. The Labute approximate surface area is 112 Å². The minimum atomic E-state index is -0.770. The molecule has 0 saturated carbocycles. The van der Waals surface area contributed by atoms with Crippen LogP contribution >= 0.6 is 0 Å². The second kappa shape index (κ2) is 5.86. The van der Waals surface area contributed by atoms with Crippen LogP contribution < -0.4 is 0 Å². The molecule has 2 heterocycles. The van der Waals surface area contributed by atoms with Crippen molar-refractivity contribution in [3.05, 3.63) is 18.2 Å². The maximum atomic E-state index is 12.2. The zero-order valence-electron chi connectivity index (χ0n) is 11.1. The highest BCUT2D eigenvalue weighted by Crippen LogP contribution is 2.22. The number of hydrogen-bond acceptors (Lipinski definition) is 3. The van der Waals surface area contributed by atoms with Crippen LogP contribution in [0.25, 0.3) is 0 Å². The van der Waals surface area contributed by atoms with Gasteiger partial charge in [-0.3, -0.25) is 9.59 Å². The van der Waals surface area contributed by atoms with E-state index in [4.69, 9.17) is 5.11 Å². The molecule has 104 valence electrons. The Morgan fingerprint density at radius 3 is 2.95 bits per heavy atom. The van der Waals surface area contributed by atoms with Gasteiger partial charge in [0, 0.05) is 32.8 Å². The summed E-state index contributed by atoms with van der Waals surface area (Å²) in [5, 5.41) is 8.71. The van der Waals surface area contributed by atoms with Gasteiger partial charge in [0.2, 0.25) is 0 Å². The summed E-state index contributed by atoms with van der Waals surface area (Å²) in [6, 6.07) is 0. The number of carboxylic acid groups (broad SMARTS) is 1. The van der Waals surface area contributed by atoms with Crippen molar-refractivity contribution < 1.29 is 14.7 Å². The molecule has 1 aliphatic rings. The lowest BCUT2D eigenvalue weighted by Gasteiger charge is -2.32. The third-order valence-electron chi connectivity index (χ3n) is 3.50. The van der Waals surface area contributed by atoms with Crippen molar-refractivity contribution in [1.82, 2.24) is 14.5 Å². The molecule has 0 spiro atoms. The van der Waals surface area contributed by atoms with Crippen LogP contribution in [-0.2, 0) is 11.8 Å². The van der Waals surface area contributed by atoms with E-state index in [9.17, 15) is 9.59 Å². The molecule has 0 bridgehead atoms. The highest BCUT2D eigenvalue weighted by atomic mass is 16.4. The first-order chi connectivity index (χ1) is 9.06. The molecule has 1 aromatic rings. The van der Waals surface area contributed by atoms with Gasteiger partial charge in [0.25, 0.3) is 5.91 Å². The molecular formula is C13H19N3O3. The number of hydrogen-bond donors (Lipinski definition) is 1. The van der Waals surface area contributed by atoms with Crippen LogP contribution in [0.2, 0.25) is 0 Å². The van der Waals surface area contributed by atoms with E-state index in [0.29, 0.717) is 18.7 Å². The predicted octanol–water partition coefficient (Wildman–Crippen LogP) is 1.14. The molecule has 0 radical (unpaired) electrons. The first kappa shape index (κ1) is 13.6. The number of carbonyl (C=O) groups is 2. The van der Waals surface area contributed by atoms with Gasteiger partial charge in [-0.15, -0.1) is 0 Å². The fraction of sp³-hybridized carbons (Fsp3) is 0.615. The van der Waals surface area contributed by atoms with Crippen LogP contribution in [0, 0.1) is 5.92 Å². The zero-order valence-corrected chi connectivity index (χ0v) is 11.1. The van der Waals surface area contributed by atoms with Gasteiger partial charge in [-0.2, -0.15) is 0 Å². The van der Waals surface area contributed by atoms with Crippen molar-refractivity contribution in [1.29, 1.82) is 0 Å². The number of nitrogens with zero attached hydrogens (tertiary/aromatic N) is 3. The largest absolute Gasteiger partial charge is 0.481 e. The summed E-state index contributed by atoms with van der Waals surface area (Å²) < 4.78 is 1.75. The van der Waals surface area contributed by atoms with E-state index in [0.717, 1.165) is 19.4 Å². The first-order valence-corrected chi connectivity index (χ1v) is 6.55. The summed E-state index contributed by atoms with van der Waals surface area (Å²) in [5.74, 6) is -0.536. The molecule has 1 fully saturated rings. The van der Waals surface area contributed by atoms with Crippen molar-refractivity contribution in [3.63, 3.8) is 0 Å². The van der Waals surface area contributed by atoms with Gasteiger partial charge in [-0.25, -0.2) is 4.98 Å². The van der Waals surface area contributed by atoms with Gasteiger partial charge in [0.1, 0.15) is 5.69 Å². The Bertz CT molecular complexity index is 469. The molecule has 1 aromatic heterocycles. The molecule has 6 heteroatoms. The number of carboxylic acids is 1. The Morgan fingerprint density at radius 2 is 2.32 bits per heavy atom. The highest BCUT2D eigenvalue weighted by molar-refractivity contribution is 5.92. The molecule has 0 aromatic carbocycles. The molecule has 1 aliphatic heterocycles. The van der Waals surface area contributed by atoms with E-state index < -0.39 is 5.97 Å². The SMILES string of the molecule is Cn1cnc(C(=O)N2CCCC(CCC(=O)O)C2)c1. The number of rotatable bonds is 4. The van der Waals surface area contributed by atoms with Crippen molar-refractivity contribution >= 4 is 11.9 Å². The van der Waals surface area contributed by atoms with Gasteiger partial charge in [-0.1, -0.05) is 0 Å². The second-order valence-corrected chi connectivity index (χ2v) is 5.12. The summed E-state index contributed by atoms with van der Waals surface area (Å²) in [7, 11) is 1.83.